The number of rotatable bonds is 2. The molecule has 1 aromatic carbocycles. The highest BCUT2D eigenvalue weighted by Gasteiger charge is 2.19. The summed E-state index contributed by atoms with van der Waals surface area (Å²) in [5, 5.41) is 0. The number of fused-ring (bicyclic) bond motifs is 1. The molecule has 0 radical (unpaired) electrons. The van der Waals surface area contributed by atoms with Crippen molar-refractivity contribution in [3.05, 3.63) is 33.4 Å². The lowest BCUT2D eigenvalue weighted by Crippen LogP contribution is -2.26. The van der Waals surface area contributed by atoms with Gasteiger partial charge >= 0.3 is 4.87 Å². The minimum atomic E-state index is 0.102. The molecule has 0 spiro atoms. The van der Waals surface area contributed by atoms with Crippen LogP contribution in [0.4, 0.5) is 0 Å². The van der Waals surface area contributed by atoms with Crippen molar-refractivity contribution in [1.82, 2.24) is 9.47 Å². The van der Waals surface area contributed by atoms with E-state index in [0.29, 0.717) is 6.04 Å². The minimum absolute atomic E-state index is 0.102. The fourth-order valence-electron chi connectivity index (χ4n) is 2.54. The van der Waals surface area contributed by atoms with Gasteiger partial charge in [-0.2, -0.15) is 0 Å². The monoisotopic (exact) mass is 263 g/mol. The lowest BCUT2D eigenvalue weighted by molar-refractivity contribution is 0.327. The van der Waals surface area contributed by atoms with Gasteiger partial charge in [0, 0.05) is 32.7 Å². The Balaban J connectivity index is 1.87. The third kappa shape index (κ3) is 2.09. The van der Waals surface area contributed by atoms with Gasteiger partial charge in [-0.05, 0) is 24.1 Å². The molecular weight excluding hydrogens is 246 g/mol. The van der Waals surface area contributed by atoms with Crippen molar-refractivity contribution >= 4 is 21.6 Å². The van der Waals surface area contributed by atoms with Gasteiger partial charge in [-0.3, -0.25) is 9.69 Å². The molecule has 0 aliphatic carbocycles. The second kappa shape index (κ2) is 4.50. The maximum absolute atomic E-state index is 11.6. The van der Waals surface area contributed by atoms with Crippen LogP contribution in [-0.4, -0.2) is 28.6 Å². The predicted molar refractivity (Wildman–Crippen MR) is 74.9 cm³/mol. The summed E-state index contributed by atoms with van der Waals surface area (Å²) >= 11 is 1.32. The number of benzene rings is 1. The molecule has 1 fully saturated rings. The highest BCUT2D eigenvalue weighted by atomic mass is 32.1. The number of nitrogens with zero attached hydrogens (tertiary/aromatic N) is 2. The van der Waals surface area contributed by atoms with Crippen LogP contribution in [0.2, 0.25) is 0 Å². The van der Waals surface area contributed by atoms with Crippen molar-refractivity contribution in [1.29, 1.82) is 0 Å². The zero-order chi connectivity index (χ0) is 12.7. The second-order valence-electron chi connectivity index (χ2n) is 5.01. The van der Waals surface area contributed by atoms with Gasteiger partial charge in [0.05, 0.1) is 10.2 Å². The molecule has 1 atom stereocenters. The quantitative estimate of drug-likeness (QED) is 0.884. The summed E-state index contributed by atoms with van der Waals surface area (Å²) in [5.74, 6) is 0. The Bertz CT molecular complexity index is 631. The lowest BCUT2D eigenvalue weighted by Gasteiger charge is -2.15. The average molecular weight is 263 g/mol. The summed E-state index contributed by atoms with van der Waals surface area (Å²) in [5.41, 5.74) is 8.19. The topological polar surface area (TPSA) is 51.3 Å². The molecule has 5 heteroatoms. The molecule has 1 aliphatic heterocycles. The lowest BCUT2D eigenvalue weighted by atomic mass is 10.2. The van der Waals surface area contributed by atoms with E-state index in [2.05, 4.69) is 17.0 Å². The van der Waals surface area contributed by atoms with E-state index < -0.39 is 0 Å². The van der Waals surface area contributed by atoms with E-state index >= 15 is 0 Å². The first-order chi connectivity index (χ1) is 8.63. The summed E-state index contributed by atoms with van der Waals surface area (Å²) in [6.07, 6.45) is 1.08. The molecular formula is C13H17N3OS. The fourth-order valence-corrected chi connectivity index (χ4v) is 3.48. The highest BCUT2D eigenvalue weighted by Crippen LogP contribution is 2.20. The standard InChI is InChI=1S/C13H17N3OS/c1-15-11-3-2-9(6-12(11)18-13(15)17)7-16-5-4-10(14)8-16/h2-3,6,10H,4-5,7-8,14H2,1H3/t10-/m1/s1. The molecule has 3 rings (SSSR count). The zero-order valence-corrected chi connectivity index (χ0v) is 11.2. The van der Waals surface area contributed by atoms with Crippen molar-refractivity contribution < 1.29 is 0 Å². The van der Waals surface area contributed by atoms with Crippen molar-refractivity contribution in [2.24, 2.45) is 12.8 Å². The molecule has 2 N–H and O–H groups in total. The zero-order valence-electron chi connectivity index (χ0n) is 10.4. The third-order valence-electron chi connectivity index (χ3n) is 3.57. The summed E-state index contributed by atoms with van der Waals surface area (Å²) in [6, 6.07) is 6.60. The molecule has 96 valence electrons. The van der Waals surface area contributed by atoms with E-state index in [1.807, 2.05) is 13.1 Å². The number of hydrogen-bond acceptors (Lipinski definition) is 4. The molecule has 4 nitrogen and oxygen atoms in total. The Morgan fingerprint density at radius 2 is 2.33 bits per heavy atom. The van der Waals surface area contributed by atoms with Crippen molar-refractivity contribution in [3.63, 3.8) is 0 Å². The molecule has 1 saturated heterocycles. The van der Waals surface area contributed by atoms with Gasteiger partial charge in [0.25, 0.3) is 0 Å². The van der Waals surface area contributed by atoms with Crippen LogP contribution >= 0.6 is 11.3 Å². The number of hydrogen-bond donors (Lipinski definition) is 1. The van der Waals surface area contributed by atoms with Crippen LogP contribution < -0.4 is 10.6 Å². The van der Waals surface area contributed by atoms with E-state index in [1.165, 1.54) is 16.9 Å². The summed E-state index contributed by atoms with van der Waals surface area (Å²) < 4.78 is 2.78. The predicted octanol–water partition coefficient (Wildman–Crippen LogP) is 1.13. The first kappa shape index (κ1) is 11.9. The Morgan fingerprint density at radius 1 is 1.50 bits per heavy atom. The SMILES string of the molecule is Cn1c(=O)sc2cc(CN3CC[C@@H](N)C3)ccc21. The fraction of sp³-hybridized carbons (Fsp3) is 0.462. The molecule has 2 heterocycles. The first-order valence-electron chi connectivity index (χ1n) is 6.20. The molecule has 1 aromatic heterocycles. The molecule has 0 unspecified atom stereocenters. The number of likely N-dealkylation sites (tertiary alicyclic amines) is 1. The van der Waals surface area contributed by atoms with Crippen molar-refractivity contribution in [3.8, 4) is 0 Å². The maximum atomic E-state index is 11.6. The van der Waals surface area contributed by atoms with E-state index in [1.54, 1.807) is 4.57 Å². The normalized spacial score (nSPS) is 20.9. The Morgan fingerprint density at radius 3 is 3.06 bits per heavy atom. The molecule has 0 amide bonds. The van der Waals surface area contributed by atoms with E-state index in [-0.39, 0.29) is 4.87 Å². The summed E-state index contributed by atoms with van der Waals surface area (Å²) in [6.45, 7) is 2.98. The van der Waals surface area contributed by atoms with Crippen LogP contribution in [0.5, 0.6) is 0 Å². The van der Waals surface area contributed by atoms with E-state index in [0.717, 1.165) is 36.3 Å². The average Bonchev–Trinajstić information content (AvgIpc) is 2.85. The minimum Gasteiger partial charge on any atom is -0.326 e. The van der Waals surface area contributed by atoms with Crippen molar-refractivity contribution in [2.45, 2.75) is 19.0 Å². The number of aryl methyl sites for hydroxylation is 1. The molecule has 18 heavy (non-hydrogen) atoms. The highest BCUT2D eigenvalue weighted by molar-refractivity contribution is 7.16. The number of thiazole rings is 1. The Hall–Kier alpha value is -1.17. The van der Waals surface area contributed by atoms with E-state index in [9.17, 15) is 4.79 Å². The molecule has 0 saturated carbocycles. The third-order valence-corrected chi connectivity index (χ3v) is 4.57. The molecule has 1 aliphatic rings. The maximum Gasteiger partial charge on any atom is 0.307 e. The number of aromatic nitrogens is 1. The van der Waals surface area contributed by atoms with Crippen LogP contribution in [0.15, 0.2) is 23.0 Å². The Kier molecular flexibility index (Phi) is 2.97. The van der Waals surface area contributed by atoms with Crippen LogP contribution in [0.25, 0.3) is 10.2 Å². The summed E-state index contributed by atoms with van der Waals surface area (Å²) in [4.78, 5) is 14.1. The van der Waals surface area contributed by atoms with Crippen LogP contribution in [0.1, 0.15) is 12.0 Å². The van der Waals surface area contributed by atoms with E-state index in [4.69, 9.17) is 5.73 Å². The van der Waals surface area contributed by atoms with Gasteiger partial charge < -0.3 is 10.3 Å². The van der Waals surface area contributed by atoms with Gasteiger partial charge in [-0.1, -0.05) is 17.4 Å². The van der Waals surface area contributed by atoms with Gasteiger partial charge in [-0.25, -0.2) is 0 Å². The smallest absolute Gasteiger partial charge is 0.307 e. The van der Waals surface area contributed by atoms with Crippen LogP contribution in [-0.2, 0) is 13.6 Å². The van der Waals surface area contributed by atoms with Crippen LogP contribution in [0, 0.1) is 0 Å². The Labute approximate surface area is 110 Å². The second-order valence-corrected chi connectivity index (χ2v) is 6.01. The summed E-state index contributed by atoms with van der Waals surface area (Å²) in [7, 11) is 1.82. The van der Waals surface area contributed by atoms with Gasteiger partial charge in [0.15, 0.2) is 0 Å². The number of nitrogens with two attached hydrogens (primary N) is 1. The van der Waals surface area contributed by atoms with Gasteiger partial charge in [-0.15, -0.1) is 0 Å². The van der Waals surface area contributed by atoms with Gasteiger partial charge in [0.2, 0.25) is 0 Å². The molecule has 2 aromatic rings. The van der Waals surface area contributed by atoms with Crippen LogP contribution in [0.3, 0.4) is 0 Å². The van der Waals surface area contributed by atoms with Gasteiger partial charge in [0.1, 0.15) is 0 Å². The molecule has 0 bridgehead atoms. The largest absolute Gasteiger partial charge is 0.326 e. The van der Waals surface area contributed by atoms with Crippen molar-refractivity contribution in [2.75, 3.05) is 13.1 Å². The first-order valence-corrected chi connectivity index (χ1v) is 7.01.